The number of hydrogen-bond donors (Lipinski definition) is 1. The highest BCUT2D eigenvalue weighted by atomic mass is 32.2. The minimum atomic E-state index is -4.45. The first-order valence-electron chi connectivity index (χ1n) is 25.8. The number of aliphatic hydroxyl groups is 1. The van der Waals surface area contributed by atoms with E-state index < -0.39 is 78.7 Å². The van der Waals surface area contributed by atoms with Crippen LogP contribution >= 0.6 is 0 Å². The van der Waals surface area contributed by atoms with Gasteiger partial charge < -0.3 is 37.6 Å². The van der Waals surface area contributed by atoms with Gasteiger partial charge >= 0.3 is 0 Å². The quantitative estimate of drug-likeness (QED) is 0.0385. The van der Waals surface area contributed by atoms with E-state index in [1.54, 1.807) is 30.3 Å². The molecule has 0 saturated carbocycles. The van der Waals surface area contributed by atoms with Gasteiger partial charge in [0.1, 0.15) is 23.9 Å². The molecule has 13 heteroatoms. The van der Waals surface area contributed by atoms with Gasteiger partial charge in [0.05, 0.1) is 49.1 Å². The number of hydrogen-bond acceptors (Lipinski definition) is 10. The fraction of sp³-hybridized carbons (Fsp3) is 0.483. The Hall–Kier alpha value is -3.84. The lowest BCUT2D eigenvalue weighted by Crippen LogP contribution is -2.70. The maximum Gasteiger partial charge on any atom is 0.261 e. The zero-order chi connectivity index (χ0) is 50.3. The van der Waals surface area contributed by atoms with Crippen LogP contribution in [0.4, 0.5) is 0 Å². The second kappa shape index (κ2) is 22.7. The molecule has 10 nitrogen and oxygen atoms in total. The number of benzene rings is 5. The first-order valence-corrected chi connectivity index (χ1v) is 31.8. The summed E-state index contributed by atoms with van der Waals surface area (Å²) in [6, 6.07) is 51.6. The molecule has 3 aliphatic heterocycles. The van der Waals surface area contributed by atoms with Crippen molar-refractivity contribution in [1.82, 2.24) is 0 Å². The Morgan fingerprint density at radius 2 is 1.24 bits per heavy atom. The lowest BCUT2D eigenvalue weighted by molar-refractivity contribution is -0.307. The standard InChI is InChI=1S/C58H76O10SSi2/c1-8-70(9-2,10-3)68-52-40-51-54(50(63-42-45-29-18-12-19-30-45)39-46(65-51)31-26-38-62-41-44-27-16-11-17-28-44)67-57(52,7)55(59)58(69(60,61)47-32-20-13-21-33-47)53(66-58)43-64-71(56(4,5)6,48-34-22-14-23-35-48)49-36-24-15-25-37-49/h11-25,27-30,32-37,46,50-55,59H,8-10,26,31,38-43H2,1-7H3/t46-,50+,51-,52+,53+,54+,55-,57+,58+/m1/s1. The molecule has 9 atom stereocenters. The predicted octanol–water partition coefficient (Wildman–Crippen LogP) is 10.2. The maximum atomic E-state index is 15.6. The van der Waals surface area contributed by atoms with E-state index in [-0.39, 0.29) is 17.6 Å². The molecule has 5 aromatic rings. The number of epoxide rings is 1. The molecule has 3 fully saturated rings. The predicted molar refractivity (Wildman–Crippen MR) is 284 cm³/mol. The van der Waals surface area contributed by atoms with E-state index in [1.165, 1.54) is 0 Å². The van der Waals surface area contributed by atoms with Gasteiger partial charge in [0.15, 0.2) is 8.32 Å². The van der Waals surface area contributed by atoms with Gasteiger partial charge in [0.25, 0.3) is 8.32 Å². The summed E-state index contributed by atoms with van der Waals surface area (Å²) in [5.41, 5.74) is 0.546. The van der Waals surface area contributed by atoms with Crippen molar-refractivity contribution in [1.29, 1.82) is 0 Å². The van der Waals surface area contributed by atoms with Gasteiger partial charge in [-0.1, -0.05) is 181 Å². The Bertz CT molecular complexity index is 2480. The van der Waals surface area contributed by atoms with E-state index in [2.05, 4.69) is 77.9 Å². The van der Waals surface area contributed by atoms with Crippen molar-refractivity contribution in [3.05, 3.63) is 163 Å². The molecule has 8 rings (SSSR count). The minimum Gasteiger partial charge on any atom is -0.411 e. The molecule has 0 spiro atoms. The fourth-order valence-corrected chi connectivity index (χ4v) is 20.8. The second-order valence-corrected chi connectivity index (χ2v) is 32.1. The van der Waals surface area contributed by atoms with E-state index in [0.717, 1.165) is 52.5 Å². The summed E-state index contributed by atoms with van der Waals surface area (Å²) < 4.78 is 80.1. The van der Waals surface area contributed by atoms with Crippen LogP contribution in [-0.2, 0) is 55.6 Å². The number of fused-ring (bicyclic) bond motifs is 1. The van der Waals surface area contributed by atoms with Crippen molar-refractivity contribution in [2.75, 3.05) is 13.2 Å². The van der Waals surface area contributed by atoms with E-state index >= 15 is 8.42 Å². The first-order chi connectivity index (χ1) is 34.2. The normalized spacial score (nSPS) is 26.4. The Labute approximate surface area is 425 Å². The monoisotopic (exact) mass is 1020 g/mol. The van der Waals surface area contributed by atoms with Crippen LogP contribution < -0.4 is 10.4 Å². The first kappa shape index (κ1) is 53.5. The van der Waals surface area contributed by atoms with Gasteiger partial charge in [-0.2, -0.15) is 0 Å². The van der Waals surface area contributed by atoms with Gasteiger partial charge in [0.2, 0.25) is 14.8 Å². The van der Waals surface area contributed by atoms with Crippen molar-refractivity contribution >= 4 is 36.8 Å². The summed E-state index contributed by atoms with van der Waals surface area (Å²) >= 11 is 0. The average molecular weight is 1020 g/mol. The zero-order valence-electron chi connectivity index (χ0n) is 42.8. The SMILES string of the molecule is CC[Si](CC)(CC)O[C@H]1C[C@H]2O[C@H](CCCOCc3ccccc3)C[C@H](OCc3ccccc3)[C@@H]2O[C@]1(C)[C@@H](O)[C@]1(S(=O)(=O)c2ccccc2)O[C@H]1CO[Si](c1ccccc1)(c1ccccc1)C(C)(C)C. The van der Waals surface area contributed by atoms with E-state index in [9.17, 15) is 5.11 Å². The van der Waals surface area contributed by atoms with Crippen LogP contribution in [0.25, 0.3) is 0 Å². The van der Waals surface area contributed by atoms with Crippen LogP contribution in [0.1, 0.15) is 85.3 Å². The fourth-order valence-electron chi connectivity index (χ4n) is 11.3. The number of aliphatic hydroxyl groups excluding tert-OH is 1. The van der Waals surface area contributed by atoms with Crippen LogP contribution in [0.15, 0.2) is 157 Å². The maximum absolute atomic E-state index is 15.6. The number of ether oxygens (including phenoxy) is 5. The highest BCUT2D eigenvalue weighted by molar-refractivity contribution is 7.93. The van der Waals surface area contributed by atoms with Crippen molar-refractivity contribution in [2.24, 2.45) is 0 Å². The van der Waals surface area contributed by atoms with Gasteiger partial charge in [-0.3, -0.25) is 0 Å². The molecular weight excluding hydrogens is 945 g/mol. The molecule has 3 saturated heterocycles. The smallest absolute Gasteiger partial charge is 0.261 e. The van der Waals surface area contributed by atoms with E-state index in [0.29, 0.717) is 32.7 Å². The minimum absolute atomic E-state index is 0.0433. The Morgan fingerprint density at radius 1 is 0.718 bits per heavy atom. The molecule has 0 radical (unpaired) electrons. The second-order valence-electron chi connectivity index (χ2n) is 20.9. The molecule has 0 amide bonds. The van der Waals surface area contributed by atoms with Crippen LogP contribution in [0.3, 0.4) is 0 Å². The zero-order valence-corrected chi connectivity index (χ0v) is 45.6. The van der Waals surface area contributed by atoms with Crippen molar-refractivity contribution < 1.29 is 46.1 Å². The summed E-state index contributed by atoms with van der Waals surface area (Å²) in [6.07, 6.45) is -2.80. The van der Waals surface area contributed by atoms with Gasteiger partial charge in [-0.25, -0.2) is 8.42 Å². The molecule has 382 valence electrons. The average Bonchev–Trinajstić information content (AvgIpc) is 4.14. The van der Waals surface area contributed by atoms with Gasteiger partial charge in [-0.05, 0) is 76.6 Å². The summed E-state index contributed by atoms with van der Waals surface area (Å²) in [4.78, 5) is -2.11. The summed E-state index contributed by atoms with van der Waals surface area (Å²) in [6.45, 7) is 16.3. The lowest BCUT2D eigenvalue weighted by Gasteiger charge is -2.56. The lowest BCUT2D eigenvalue weighted by atomic mass is 9.79. The number of rotatable bonds is 23. The molecule has 0 bridgehead atoms. The van der Waals surface area contributed by atoms with Crippen molar-refractivity contribution in [2.45, 2.75) is 169 Å². The largest absolute Gasteiger partial charge is 0.411 e. The molecule has 0 aromatic heterocycles. The molecule has 1 N–H and O–H groups in total. The Morgan fingerprint density at radius 3 is 1.77 bits per heavy atom. The third-order valence-electron chi connectivity index (χ3n) is 15.6. The highest BCUT2D eigenvalue weighted by Crippen LogP contribution is 2.55. The van der Waals surface area contributed by atoms with Gasteiger partial charge in [-0.15, -0.1) is 0 Å². The van der Waals surface area contributed by atoms with E-state index in [1.807, 2.05) is 91.9 Å². The Balaban J connectivity index is 1.15. The number of sulfone groups is 1. The molecular formula is C58H76O10SSi2. The Kier molecular flexibility index (Phi) is 17.1. The molecule has 3 heterocycles. The molecule has 5 aromatic carbocycles. The highest BCUT2D eigenvalue weighted by Gasteiger charge is 2.77. The summed E-state index contributed by atoms with van der Waals surface area (Å²) in [7, 11) is -10.1. The van der Waals surface area contributed by atoms with Crippen LogP contribution in [0.5, 0.6) is 0 Å². The van der Waals surface area contributed by atoms with Gasteiger partial charge in [0, 0.05) is 19.4 Å². The van der Waals surface area contributed by atoms with Crippen molar-refractivity contribution in [3.63, 3.8) is 0 Å². The van der Waals surface area contributed by atoms with Crippen LogP contribution in [0.2, 0.25) is 23.2 Å². The summed E-state index contributed by atoms with van der Waals surface area (Å²) in [5, 5.41) is 15.3. The summed E-state index contributed by atoms with van der Waals surface area (Å²) in [5.74, 6) is 0. The third-order valence-corrected chi connectivity index (χ3v) is 27.6. The van der Waals surface area contributed by atoms with Crippen LogP contribution in [-0.4, -0.2) is 96.6 Å². The molecule has 3 aliphatic rings. The van der Waals surface area contributed by atoms with Crippen molar-refractivity contribution in [3.8, 4) is 0 Å². The molecule has 71 heavy (non-hydrogen) atoms. The third kappa shape index (κ3) is 11.0. The van der Waals surface area contributed by atoms with Crippen LogP contribution in [0, 0.1) is 0 Å². The van der Waals surface area contributed by atoms with E-state index in [4.69, 9.17) is 32.5 Å². The topological polar surface area (TPSA) is 122 Å². The molecule has 0 unspecified atom stereocenters. The molecule has 0 aliphatic carbocycles.